The number of alkyl halides is 1. The Morgan fingerprint density at radius 3 is 1.25 bits per heavy atom. The summed E-state index contributed by atoms with van der Waals surface area (Å²) < 4.78 is 13.1. The van der Waals surface area contributed by atoms with Gasteiger partial charge in [0.1, 0.15) is 0 Å². The van der Waals surface area contributed by atoms with E-state index >= 15 is 0 Å². The molecule has 0 amide bonds. The average Bonchev–Trinajstić information content (AvgIpc) is 2.52. The minimum atomic E-state index is -1.32. The molecule has 0 nitrogen and oxygen atoms in total. The van der Waals surface area contributed by atoms with E-state index in [4.69, 9.17) is 0 Å². The predicted octanol–water partition coefficient (Wildman–Crippen LogP) is 8.39. The molecule has 0 aliphatic rings. The van der Waals surface area contributed by atoms with Crippen LogP contribution in [0.2, 0.25) is 0 Å². The Kier molecular flexibility index (Phi) is 16.9. The van der Waals surface area contributed by atoms with Crippen LogP contribution in [0.25, 0.3) is 0 Å². The van der Waals surface area contributed by atoms with E-state index < -0.39 is 5.67 Å². The third kappa shape index (κ3) is 21.5. The topological polar surface area (TPSA) is 0 Å². The van der Waals surface area contributed by atoms with Crippen LogP contribution in [0.5, 0.6) is 0 Å². The van der Waals surface area contributed by atoms with Crippen molar-refractivity contribution < 1.29 is 4.39 Å². The molecule has 0 radical (unpaired) electrons. The molecule has 0 unspecified atom stereocenters. The highest BCUT2D eigenvalue weighted by Gasteiger charge is 2.08. The second kappa shape index (κ2) is 17.3. The minimum Gasteiger partial charge on any atom is -0.230 e. The Bertz CT molecular complexity index is 302. The molecule has 0 aromatic heterocycles. The number of halogens is 1. The lowest BCUT2D eigenvalue weighted by atomic mass is 10.0. The van der Waals surface area contributed by atoms with Crippen molar-refractivity contribution in [1.29, 1.82) is 0 Å². The maximum atomic E-state index is 13.1. The highest BCUT2D eigenvalue weighted by atomic mass is 19.1. The Balaban J connectivity index is 3.09. The van der Waals surface area contributed by atoms with Crippen LogP contribution in [0.15, 0.2) is 0 Å². The largest absolute Gasteiger partial charge is 0.230 e. The van der Waals surface area contributed by atoms with Gasteiger partial charge in [0.15, 0.2) is 5.67 Å². The van der Waals surface area contributed by atoms with Crippen molar-refractivity contribution in [1.82, 2.24) is 0 Å². The van der Waals surface area contributed by atoms with E-state index in [0.29, 0.717) is 0 Å². The first-order chi connectivity index (χ1) is 11.6. The summed E-state index contributed by atoms with van der Waals surface area (Å²) >= 11 is 0. The van der Waals surface area contributed by atoms with Crippen LogP contribution in [0, 0.1) is 11.8 Å². The summed E-state index contributed by atoms with van der Waals surface area (Å²) in [6.45, 7) is 5.32. The fourth-order valence-electron chi connectivity index (χ4n) is 3.03. The lowest BCUT2D eigenvalue weighted by molar-refractivity contribution is 0.301. The van der Waals surface area contributed by atoms with Crippen LogP contribution in [-0.4, -0.2) is 5.67 Å². The molecule has 0 N–H and O–H groups in total. The minimum absolute atomic E-state index is 0.853. The highest BCUT2D eigenvalue weighted by molar-refractivity contribution is 5.10. The van der Waals surface area contributed by atoms with Crippen molar-refractivity contribution in [2.45, 2.75) is 136 Å². The lowest BCUT2D eigenvalue weighted by Gasteiger charge is -2.03. The van der Waals surface area contributed by atoms with Gasteiger partial charge in [-0.3, -0.25) is 0 Å². The van der Waals surface area contributed by atoms with E-state index in [9.17, 15) is 4.39 Å². The molecule has 0 bridgehead atoms. The predicted molar refractivity (Wildman–Crippen MR) is 107 cm³/mol. The number of hydrogen-bond acceptors (Lipinski definition) is 0. The van der Waals surface area contributed by atoms with E-state index in [0.717, 1.165) is 12.8 Å². The second-order valence-corrected chi connectivity index (χ2v) is 7.83. The third-order valence-electron chi connectivity index (χ3n) is 4.54. The summed E-state index contributed by atoms with van der Waals surface area (Å²) in [6.07, 6.45) is 23.0. The summed E-state index contributed by atoms with van der Waals surface area (Å²) in [5.74, 6) is 5.61. The molecule has 24 heavy (non-hydrogen) atoms. The SMILES string of the molecule is CCCCCCCCCCCCCCCCCCC#CC(C)(C)F. The summed E-state index contributed by atoms with van der Waals surface area (Å²) in [5.41, 5.74) is -1.32. The van der Waals surface area contributed by atoms with Crippen LogP contribution in [0.4, 0.5) is 4.39 Å². The monoisotopic (exact) mass is 338 g/mol. The first-order valence-electron chi connectivity index (χ1n) is 10.7. The third-order valence-corrected chi connectivity index (χ3v) is 4.54. The first-order valence-corrected chi connectivity index (χ1v) is 10.7. The molecule has 0 heterocycles. The van der Waals surface area contributed by atoms with Gasteiger partial charge in [-0.15, -0.1) is 0 Å². The van der Waals surface area contributed by atoms with E-state index in [1.807, 2.05) is 0 Å². The van der Waals surface area contributed by atoms with Crippen LogP contribution in [0.1, 0.15) is 130 Å². The van der Waals surface area contributed by atoms with E-state index in [1.54, 1.807) is 0 Å². The van der Waals surface area contributed by atoms with Crippen LogP contribution in [0.3, 0.4) is 0 Å². The molecule has 0 saturated carbocycles. The van der Waals surface area contributed by atoms with Gasteiger partial charge in [-0.1, -0.05) is 115 Å². The van der Waals surface area contributed by atoms with Gasteiger partial charge in [-0.25, -0.2) is 4.39 Å². The standard InChI is InChI=1S/C23H43F/c1-4-5-6-7-8-9-10-11-12-13-14-15-16-17-18-19-20-21-22-23(2,3)24/h4-20H2,1-3H3. The van der Waals surface area contributed by atoms with Gasteiger partial charge in [-0.2, -0.15) is 0 Å². The van der Waals surface area contributed by atoms with Gasteiger partial charge in [0.05, 0.1) is 0 Å². The second-order valence-electron chi connectivity index (χ2n) is 7.83. The maximum absolute atomic E-state index is 13.1. The zero-order valence-electron chi connectivity index (χ0n) is 16.9. The Morgan fingerprint density at radius 1 is 0.583 bits per heavy atom. The molecular formula is C23H43F. The summed E-state index contributed by atoms with van der Waals surface area (Å²) in [7, 11) is 0. The molecule has 0 fully saturated rings. The molecule has 0 aliphatic carbocycles. The van der Waals surface area contributed by atoms with Gasteiger partial charge < -0.3 is 0 Å². The fourth-order valence-corrected chi connectivity index (χ4v) is 3.03. The van der Waals surface area contributed by atoms with Crippen molar-refractivity contribution >= 4 is 0 Å². The molecule has 0 rings (SSSR count). The lowest BCUT2D eigenvalue weighted by Crippen LogP contribution is -2.06. The maximum Gasteiger partial charge on any atom is 0.165 e. The van der Waals surface area contributed by atoms with Crippen molar-refractivity contribution in [3.63, 3.8) is 0 Å². The van der Waals surface area contributed by atoms with Gasteiger partial charge in [0.2, 0.25) is 0 Å². The van der Waals surface area contributed by atoms with Crippen molar-refractivity contribution in [3.8, 4) is 11.8 Å². The molecule has 0 aromatic rings. The van der Waals surface area contributed by atoms with Crippen LogP contribution in [-0.2, 0) is 0 Å². The molecule has 0 atom stereocenters. The van der Waals surface area contributed by atoms with Crippen molar-refractivity contribution in [3.05, 3.63) is 0 Å². The number of unbranched alkanes of at least 4 members (excludes halogenated alkanes) is 16. The number of hydrogen-bond donors (Lipinski definition) is 0. The molecule has 0 spiro atoms. The zero-order chi connectivity index (χ0) is 17.9. The first kappa shape index (κ1) is 23.5. The summed E-state index contributed by atoms with van der Waals surface area (Å²) in [4.78, 5) is 0. The van der Waals surface area contributed by atoms with Crippen LogP contribution < -0.4 is 0 Å². The molecular weight excluding hydrogens is 295 g/mol. The Labute approximate surface area is 152 Å². The summed E-state index contributed by atoms with van der Waals surface area (Å²) in [6, 6.07) is 0. The zero-order valence-corrected chi connectivity index (χ0v) is 16.9. The average molecular weight is 339 g/mol. The molecule has 0 aromatic carbocycles. The van der Waals surface area contributed by atoms with Crippen LogP contribution >= 0.6 is 0 Å². The molecule has 0 saturated heterocycles. The normalized spacial score (nSPS) is 11.3. The molecule has 1 heteroatoms. The van der Waals surface area contributed by atoms with Crippen molar-refractivity contribution in [2.75, 3.05) is 0 Å². The highest BCUT2D eigenvalue weighted by Crippen LogP contribution is 2.14. The summed E-state index contributed by atoms with van der Waals surface area (Å²) in [5, 5.41) is 0. The van der Waals surface area contributed by atoms with Gasteiger partial charge in [0, 0.05) is 6.42 Å². The van der Waals surface area contributed by atoms with Gasteiger partial charge >= 0.3 is 0 Å². The quantitative estimate of drug-likeness (QED) is 0.196. The Morgan fingerprint density at radius 2 is 0.917 bits per heavy atom. The van der Waals surface area contributed by atoms with Gasteiger partial charge in [0.25, 0.3) is 0 Å². The van der Waals surface area contributed by atoms with E-state index in [-0.39, 0.29) is 0 Å². The molecule has 0 aliphatic heterocycles. The fraction of sp³-hybridized carbons (Fsp3) is 0.913. The van der Waals surface area contributed by atoms with E-state index in [2.05, 4.69) is 18.8 Å². The smallest absolute Gasteiger partial charge is 0.165 e. The van der Waals surface area contributed by atoms with Crippen molar-refractivity contribution in [2.24, 2.45) is 0 Å². The van der Waals surface area contributed by atoms with E-state index in [1.165, 1.54) is 110 Å². The Hall–Kier alpha value is -0.510. The molecule has 142 valence electrons. The van der Waals surface area contributed by atoms with Gasteiger partial charge in [-0.05, 0) is 20.3 Å². The number of rotatable bonds is 16.